The van der Waals surface area contributed by atoms with E-state index in [0.29, 0.717) is 21.7 Å². The number of hydrogen-bond acceptors (Lipinski definition) is 3. The van der Waals surface area contributed by atoms with E-state index in [1.807, 2.05) is 19.1 Å². The Bertz CT molecular complexity index is 950. The molecule has 0 atom stereocenters. The third-order valence-electron chi connectivity index (χ3n) is 3.45. The first-order chi connectivity index (χ1) is 11.0. The summed E-state index contributed by atoms with van der Waals surface area (Å²) in [4.78, 5) is 28.4. The van der Waals surface area contributed by atoms with Crippen molar-refractivity contribution in [1.29, 1.82) is 0 Å². The lowest BCUT2D eigenvalue weighted by Crippen LogP contribution is -2.28. The number of anilines is 1. The van der Waals surface area contributed by atoms with Crippen LogP contribution < -0.4 is 10.9 Å². The fraction of sp³-hybridized carbons (Fsp3) is 0.118. The van der Waals surface area contributed by atoms with Crippen molar-refractivity contribution in [3.8, 4) is 0 Å². The van der Waals surface area contributed by atoms with Crippen molar-refractivity contribution in [3.63, 3.8) is 0 Å². The lowest BCUT2D eigenvalue weighted by atomic mass is 10.2. The number of fused-ring (bicyclic) bond motifs is 1. The van der Waals surface area contributed by atoms with E-state index in [1.165, 1.54) is 10.8 Å². The molecule has 6 heteroatoms. The van der Waals surface area contributed by atoms with Gasteiger partial charge in [-0.15, -0.1) is 0 Å². The van der Waals surface area contributed by atoms with E-state index in [2.05, 4.69) is 10.3 Å². The fourth-order valence-electron chi connectivity index (χ4n) is 2.33. The van der Waals surface area contributed by atoms with E-state index < -0.39 is 0 Å². The number of amides is 1. The molecule has 0 bridgehead atoms. The first-order valence-electron chi connectivity index (χ1n) is 7.05. The van der Waals surface area contributed by atoms with Crippen LogP contribution in [0.1, 0.15) is 5.56 Å². The average molecular weight is 328 g/mol. The maximum absolute atomic E-state index is 12.3. The van der Waals surface area contributed by atoms with Gasteiger partial charge in [0, 0.05) is 0 Å². The van der Waals surface area contributed by atoms with Gasteiger partial charge >= 0.3 is 0 Å². The number of nitrogens with one attached hydrogen (secondary N) is 1. The summed E-state index contributed by atoms with van der Waals surface area (Å²) in [6, 6.07) is 12.5. The number of benzene rings is 2. The van der Waals surface area contributed by atoms with E-state index in [-0.39, 0.29) is 18.0 Å². The minimum atomic E-state index is -0.325. The molecule has 0 unspecified atom stereocenters. The molecule has 1 amide bonds. The molecule has 2 aromatic carbocycles. The summed E-state index contributed by atoms with van der Waals surface area (Å²) in [5, 5.41) is 3.19. The van der Waals surface area contributed by atoms with E-state index in [9.17, 15) is 9.59 Å². The van der Waals surface area contributed by atoms with E-state index in [1.54, 1.807) is 30.3 Å². The highest BCUT2D eigenvalue weighted by molar-refractivity contribution is 6.33. The molecular formula is C17H14ClN3O2. The second-order valence-corrected chi connectivity index (χ2v) is 5.61. The van der Waals surface area contributed by atoms with Crippen molar-refractivity contribution in [2.75, 3.05) is 5.32 Å². The van der Waals surface area contributed by atoms with Crippen LogP contribution in [0.15, 0.2) is 53.5 Å². The second-order valence-electron chi connectivity index (χ2n) is 5.20. The van der Waals surface area contributed by atoms with Crippen molar-refractivity contribution >= 4 is 34.2 Å². The molecule has 23 heavy (non-hydrogen) atoms. The Kier molecular flexibility index (Phi) is 4.12. The zero-order valence-corrected chi connectivity index (χ0v) is 13.2. The highest BCUT2D eigenvalue weighted by Crippen LogP contribution is 2.22. The van der Waals surface area contributed by atoms with Gasteiger partial charge in [0.1, 0.15) is 6.54 Å². The highest BCUT2D eigenvalue weighted by atomic mass is 35.5. The van der Waals surface area contributed by atoms with Crippen molar-refractivity contribution in [2.45, 2.75) is 13.5 Å². The molecule has 3 aromatic rings. The van der Waals surface area contributed by atoms with Crippen molar-refractivity contribution in [2.24, 2.45) is 0 Å². The smallest absolute Gasteiger partial charge is 0.269 e. The zero-order chi connectivity index (χ0) is 16.4. The van der Waals surface area contributed by atoms with Crippen LogP contribution in [-0.4, -0.2) is 15.5 Å². The van der Waals surface area contributed by atoms with Crippen LogP contribution in [0, 0.1) is 6.92 Å². The van der Waals surface area contributed by atoms with Gasteiger partial charge in [-0.1, -0.05) is 29.8 Å². The lowest BCUT2D eigenvalue weighted by molar-refractivity contribution is -0.116. The minimum absolute atomic E-state index is 0.105. The number of carbonyl (C=O) groups is 1. The SMILES string of the molecule is Cc1ccc(NC(=O)Cn2c(=O)cnc3ccccc32)c(Cl)c1. The number of rotatable bonds is 3. The van der Waals surface area contributed by atoms with Gasteiger partial charge in [-0.2, -0.15) is 0 Å². The molecule has 0 radical (unpaired) electrons. The van der Waals surface area contributed by atoms with Gasteiger partial charge in [-0.05, 0) is 36.8 Å². The molecule has 1 N–H and O–H groups in total. The standard InChI is InChI=1S/C17H14ClN3O2/c1-11-6-7-13(12(18)8-11)20-16(22)10-21-15-5-3-2-4-14(15)19-9-17(21)23/h2-9H,10H2,1H3,(H,20,22). The number of halogens is 1. The Balaban J connectivity index is 1.89. The minimum Gasteiger partial charge on any atom is -0.323 e. The van der Waals surface area contributed by atoms with Gasteiger partial charge in [0.15, 0.2) is 0 Å². The molecule has 1 aromatic heterocycles. The van der Waals surface area contributed by atoms with Crippen molar-refractivity contribution in [3.05, 3.63) is 69.6 Å². The van der Waals surface area contributed by atoms with Crippen LogP contribution in [0.5, 0.6) is 0 Å². The monoisotopic (exact) mass is 327 g/mol. The maximum Gasteiger partial charge on any atom is 0.269 e. The summed E-state index contributed by atoms with van der Waals surface area (Å²) in [6.45, 7) is 1.81. The zero-order valence-electron chi connectivity index (χ0n) is 12.4. The number of nitrogens with zero attached hydrogens (tertiary/aromatic N) is 2. The molecule has 5 nitrogen and oxygen atoms in total. The Morgan fingerprint density at radius 2 is 2.04 bits per heavy atom. The predicted molar refractivity (Wildman–Crippen MR) is 90.8 cm³/mol. The summed E-state index contributed by atoms with van der Waals surface area (Å²) >= 11 is 6.11. The molecule has 0 saturated heterocycles. The molecule has 0 fully saturated rings. The number of carbonyl (C=O) groups excluding carboxylic acids is 1. The molecule has 0 saturated carbocycles. The third kappa shape index (κ3) is 3.24. The summed E-state index contributed by atoms with van der Waals surface area (Å²) < 4.78 is 1.39. The number of aromatic nitrogens is 2. The van der Waals surface area contributed by atoms with Crippen LogP contribution in [-0.2, 0) is 11.3 Å². The molecule has 3 rings (SSSR count). The van der Waals surface area contributed by atoms with Crippen LogP contribution >= 0.6 is 11.6 Å². The van der Waals surface area contributed by atoms with Gasteiger partial charge in [0.05, 0.1) is 27.9 Å². The summed E-state index contributed by atoms with van der Waals surface area (Å²) in [5.74, 6) is -0.325. The van der Waals surface area contributed by atoms with Crippen molar-refractivity contribution in [1.82, 2.24) is 9.55 Å². The largest absolute Gasteiger partial charge is 0.323 e. The molecular weight excluding hydrogens is 314 g/mol. The van der Waals surface area contributed by atoms with Gasteiger partial charge in [0.25, 0.3) is 5.56 Å². The lowest BCUT2D eigenvalue weighted by Gasteiger charge is -2.11. The predicted octanol–water partition coefficient (Wildman–Crippen LogP) is 3.00. The van der Waals surface area contributed by atoms with Crippen LogP contribution in [0.3, 0.4) is 0 Å². The van der Waals surface area contributed by atoms with E-state index in [0.717, 1.165) is 5.56 Å². The Hall–Kier alpha value is -2.66. The summed E-state index contributed by atoms with van der Waals surface area (Å²) in [5.41, 5.74) is 2.48. The first-order valence-corrected chi connectivity index (χ1v) is 7.43. The molecule has 1 heterocycles. The molecule has 0 spiro atoms. The van der Waals surface area contributed by atoms with E-state index >= 15 is 0 Å². The Labute approximate surface area is 137 Å². The Morgan fingerprint density at radius 3 is 2.83 bits per heavy atom. The first kappa shape index (κ1) is 15.2. The van der Waals surface area contributed by atoms with Crippen LogP contribution in [0.2, 0.25) is 5.02 Å². The van der Waals surface area contributed by atoms with Gasteiger partial charge < -0.3 is 5.32 Å². The average Bonchev–Trinajstić information content (AvgIpc) is 2.53. The normalized spacial score (nSPS) is 10.7. The van der Waals surface area contributed by atoms with Crippen LogP contribution in [0.4, 0.5) is 5.69 Å². The maximum atomic E-state index is 12.3. The van der Waals surface area contributed by atoms with Gasteiger partial charge in [-0.3, -0.25) is 14.2 Å². The number of hydrogen-bond donors (Lipinski definition) is 1. The molecule has 0 aliphatic heterocycles. The summed E-state index contributed by atoms with van der Waals surface area (Å²) in [6.07, 6.45) is 1.22. The topological polar surface area (TPSA) is 64.0 Å². The van der Waals surface area contributed by atoms with Crippen molar-refractivity contribution < 1.29 is 4.79 Å². The second kappa shape index (κ2) is 6.22. The van der Waals surface area contributed by atoms with Crippen LogP contribution in [0.25, 0.3) is 11.0 Å². The fourth-order valence-corrected chi connectivity index (χ4v) is 2.62. The molecule has 0 aliphatic rings. The van der Waals surface area contributed by atoms with Gasteiger partial charge in [-0.25, -0.2) is 4.98 Å². The number of aryl methyl sites for hydroxylation is 1. The summed E-state index contributed by atoms with van der Waals surface area (Å²) in [7, 11) is 0. The van der Waals surface area contributed by atoms with E-state index in [4.69, 9.17) is 11.6 Å². The number of para-hydroxylation sites is 2. The molecule has 116 valence electrons. The third-order valence-corrected chi connectivity index (χ3v) is 3.77. The Morgan fingerprint density at radius 1 is 1.26 bits per heavy atom. The highest BCUT2D eigenvalue weighted by Gasteiger charge is 2.10. The molecule has 0 aliphatic carbocycles. The van der Waals surface area contributed by atoms with Gasteiger partial charge in [0.2, 0.25) is 5.91 Å². The quantitative estimate of drug-likeness (QED) is 0.804.